The standard InChI is InChI=1S/C7H11IO2/c1-4-5(8)7(2,3)10-6(4)9/h4-5H,1-3H3/t4-,5-/m1/s1. The first kappa shape index (κ1) is 8.30. The highest BCUT2D eigenvalue weighted by atomic mass is 127. The number of hydrogen-bond donors (Lipinski definition) is 0. The number of halogens is 1. The van der Waals surface area contributed by atoms with E-state index in [9.17, 15) is 4.79 Å². The average molecular weight is 254 g/mol. The number of rotatable bonds is 0. The van der Waals surface area contributed by atoms with Gasteiger partial charge in [0.1, 0.15) is 5.60 Å². The van der Waals surface area contributed by atoms with E-state index in [0.717, 1.165) is 0 Å². The summed E-state index contributed by atoms with van der Waals surface area (Å²) in [5.74, 6) is -0.0139. The molecule has 1 heterocycles. The second-order valence-corrected chi connectivity index (χ2v) is 4.56. The van der Waals surface area contributed by atoms with Gasteiger partial charge in [-0.3, -0.25) is 4.79 Å². The van der Waals surface area contributed by atoms with Crippen LogP contribution in [0.2, 0.25) is 0 Å². The van der Waals surface area contributed by atoms with Crippen molar-refractivity contribution >= 4 is 28.6 Å². The maximum atomic E-state index is 11.0. The molecule has 1 aliphatic rings. The van der Waals surface area contributed by atoms with Gasteiger partial charge in [-0.1, -0.05) is 29.5 Å². The number of carbonyl (C=O) groups is 1. The summed E-state index contributed by atoms with van der Waals surface area (Å²) >= 11 is 2.27. The zero-order chi connectivity index (χ0) is 7.94. The zero-order valence-electron chi connectivity index (χ0n) is 6.35. The number of alkyl halides is 1. The fraction of sp³-hybridized carbons (Fsp3) is 0.857. The van der Waals surface area contributed by atoms with Gasteiger partial charge >= 0.3 is 5.97 Å². The number of carbonyl (C=O) groups excluding carboxylic acids is 1. The van der Waals surface area contributed by atoms with Gasteiger partial charge in [0, 0.05) is 0 Å². The van der Waals surface area contributed by atoms with Crippen LogP contribution in [0.1, 0.15) is 20.8 Å². The molecule has 2 nitrogen and oxygen atoms in total. The molecule has 0 N–H and O–H groups in total. The number of esters is 1. The van der Waals surface area contributed by atoms with E-state index in [2.05, 4.69) is 22.6 Å². The van der Waals surface area contributed by atoms with Crippen LogP contribution in [0.3, 0.4) is 0 Å². The maximum absolute atomic E-state index is 11.0. The average Bonchev–Trinajstić information content (AvgIpc) is 1.95. The highest BCUT2D eigenvalue weighted by molar-refractivity contribution is 14.1. The lowest BCUT2D eigenvalue weighted by Gasteiger charge is -2.20. The van der Waals surface area contributed by atoms with Crippen LogP contribution in [0.5, 0.6) is 0 Å². The summed E-state index contributed by atoms with van der Waals surface area (Å²) in [4.78, 5) is 11.0. The highest BCUT2D eigenvalue weighted by Crippen LogP contribution is 2.36. The van der Waals surface area contributed by atoms with Crippen molar-refractivity contribution in [1.29, 1.82) is 0 Å². The Morgan fingerprint density at radius 1 is 1.60 bits per heavy atom. The third-order valence-electron chi connectivity index (χ3n) is 1.84. The Balaban J connectivity index is 2.81. The minimum absolute atomic E-state index is 0.0515. The summed E-state index contributed by atoms with van der Waals surface area (Å²) in [6.45, 7) is 5.81. The summed E-state index contributed by atoms with van der Waals surface area (Å²) in [6.07, 6.45) is 0. The largest absolute Gasteiger partial charge is 0.458 e. The van der Waals surface area contributed by atoms with Crippen LogP contribution in [0.25, 0.3) is 0 Å². The second-order valence-electron chi connectivity index (χ2n) is 3.21. The van der Waals surface area contributed by atoms with Crippen molar-refractivity contribution in [2.45, 2.75) is 30.3 Å². The van der Waals surface area contributed by atoms with Gasteiger partial charge in [-0.25, -0.2) is 0 Å². The fourth-order valence-electron chi connectivity index (χ4n) is 1.13. The van der Waals surface area contributed by atoms with E-state index in [0.29, 0.717) is 3.92 Å². The van der Waals surface area contributed by atoms with E-state index < -0.39 is 0 Å². The first-order valence-corrected chi connectivity index (χ1v) is 4.56. The Hall–Kier alpha value is 0.200. The molecule has 0 aliphatic carbocycles. The van der Waals surface area contributed by atoms with Crippen molar-refractivity contribution < 1.29 is 9.53 Å². The molecule has 58 valence electrons. The Kier molecular flexibility index (Phi) is 1.96. The van der Waals surface area contributed by atoms with Crippen molar-refractivity contribution in [2.75, 3.05) is 0 Å². The molecule has 1 aliphatic heterocycles. The molecule has 0 saturated carbocycles. The van der Waals surface area contributed by atoms with Gasteiger partial charge in [0.05, 0.1) is 9.84 Å². The van der Waals surface area contributed by atoms with Crippen LogP contribution < -0.4 is 0 Å². The molecule has 2 atom stereocenters. The van der Waals surface area contributed by atoms with E-state index >= 15 is 0 Å². The first-order valence-electron chi connectivity index (χ1n) is 3.32. The fourth-order valence-corrected chi connectivity index (χ4v) is 1.55. The lowest BCUT2D eigenvalue weighted by molar-refractivity contribution is -0.148. The summed E-state index contributed by atoms with van der Waals surface area (Å²) in [7, 11) is 0. The van der Waals surface area contributed by atoms with Gasteiger partial charge < -0.3 is 4.74 Å². The van der Waals surface area contributed by atoms with Gasteiger partial charge in [0.15, 0.2) is 0 Å². The number of hydrogen-bond acceptors (Lipinski definition) is 2. The van der Waals surface area contributed by atoms with Crippen molar-refractivity contribution in [2.24, 2.45) is 5.92 Å². The molecule has 0 unspecified atom stereocenters. The van der Waals surface area contributed by atoms with E-state index in [4.69, 9.17) is 4.74 Å². The molecule has 0 bridgehead atoms. The van der Waals surface area contributed by atoms with Gasteiger partial charge in [0.25, 0.3) is 0 Å². The lowest BCUT2D eigenvalue weighted by Crippen LogP contribution is -2.29. The predicted molar refractivity (Wildman–Crippen MR) is 47.1 cm³/mol. The third-order valence-corrected chi connectivity index (χ3v) is 4.42. The molecule has 1 rings (SSSR count). The topological polar surface area (TPSA) is 26.3 Å². The molecular formula is C7H11IO2. The molecule has 1 fully saturated rings. The van der Waals surface area contributed by atoms with Gasteiger partial charge in [-0.2, -0.15) is 0 Å². The smallest absolute Gasteiger partial charge is 0.310 e. The van der Waals surface area contributed by atoms with Gasteiger partial charge in [-0.05, 0) is 13.8 Å². The van der Waals surface area contributed by atoms with E-state index in [1.54, 1.807) is 0 Å². The predicted octanol–water partition coefficient (Wildman–Crippen LogP) is 1.76. The third kappa shape index (κ3) is 1.15. The Morgan fingerprint density at radius 3 is 2.20 bits per heavy atom. The molecule has 0 amide bonds. The molecular weight excluding hydrogens is 243 g/mol. The summed E-state index contributed by atoms with van der Waals surface area (Å²) < 4.78 is 5.43. The van der Waals surface area contributed by atoms with E-state index in [1.807, 2.05) is 20.8 Å². The molecule has 0 aromatic heterocycles. The summed E-state index contributed by atoms with van der Waals surface area (Å²) in [5, 5.41) is 0. The minimum atomic E-state index is -0.267. The minimum Gasteiger partial charge on any atom is -0.458 e. The van der Waals surface area contributed by atoms with Crippen molar-refractivity contribution in [1.82, 2.24) is 0 Å². The number of cyclic esters (lactones) is 1. The summed E-state index contributed by atoms with van der Waals surface area (Å²) in [5.41, 5.74) is -0.267. The molecule has 10 heavy (non-hydrogen) atoms. The Labute approximate surface area is 74.5 Å². The van der Waals surface area contributed by atoms with Crippen molar-refractivity contribution in [3.63, 3.8) is 0 Å². The highest BCUT2D eigenvalue weighted by Gasteiger charge is 2.45. The van der Waals surface area contributed by atoms with Crippen LogP contribution in [-0.4, -0.2) is 15.5 Å². The summed E-state index contributed by atoms with van der Waals surface area (Å²) in [6, 6.07) is 0. The van der Waals surface area contributed by atoms with E-state index in [-0.39, 0.29) is 17.5 Å². The van der Waals surface area contributed by atoms with Gasteiger partial charge in [0.2, 0.25) is 0 Å². The van der Waals surface area contributed by atoms with Crippen LogP contribution in [0.4, 0.5) is 0 Å². The van der Waals surface area contributed by atoms with Crippen LogP contribution in [-0.2, 0) is 9.53 Å². The normalized spacial score (nSPS) is 37.8. The number of ether oxygens (including phenoxy) is 1. The molecule has 0 radical (unpaired) electrons. The van der Waals surface area contributed by atoms with Crippen molar-refractivity contribution in [3.8, 4) is 0 Å². The quantitative estimate of drug-likeness (QED) is 0.374. The van der Waals surface area contributed by atoms with Crippen LogP contribution in [0.15, 0.2) is 0 Å². The monoisotopic (exact) mass is 254 g/mol. The van der Waals surface area contributed by atoms with Crippen LogP contribution in [0, 0.1) is 5.92 Å². The molecule has 3 heteroatoms. The van der Waals surface area contributed by atoms with Gasteiger partial charge in [-0.15, -0.1) is 0 Å². The second kappa shape index (κ2) is 2.36. The zero-order valence-corrected chi connectivity index (χ0v) is 8.51. The lowest BCUT2D eigenvalue weighted by atomic mass is 9.99. The molecule has 0 aromatic rings. The van der Waals surface area contributed by atoms with E-state index in [1.165, 1.54) is 0 Å². The molecule has 0 spiro atoms. The Bertz CT molecular complexity index is 165. The van der Waals surface area contributed by atoms with Crippen LogP contribution >= 0.6 is 22.6 Å². The Morgan fingerprint density at radius 2 is 2.10 bits per heavy atom. The SMILES string of the molecule is C[C@H]1C(=O)OC(C)(C)[C@@H]1I. The first-order chi connectivity index (χ1) is 4.45. The molecule has 0 aromatic carbocycles. The van der Waals surface area contributed by atoms with Crippen molar-refractivity contribution in [3.05, 3.63) is 0 Å². The maximum Gasteiger partial charge on any atom is 0.310 e. The molecule has 1 saturated heterocycles.